The molecule has 0 bridgehead atoms. The van der Waals surface area contributed by atoms with Crippen LogP contribution in [0, 0.1) is 11.6 Å². The predicted molar refractivity (Wildman–Crippen MR) is 78.8 cm³/mol. The van der Waals surface area contributed by atoms with E-state index in [1.807, 2.05) is 0 Å². The minimum atomic E-state index is -1.63. The molecule has 0 saturated carbocycles. The van der Waals surface area contributed by atoms with Crippen LogP contribution in [0.1, 0.15) is 24.5 Å². The van der Waals surface area contributed by atoms with E-state index in [2.05, 4.69) is 15.9 Å². The van der Waals surface area contributed by atoms with E-state index in [4.69, 9.17) is 11.6 Å². The topological polar surface area (TPSA) is 20.2 Å². The van der Waals surface area contributed by atoms with Gasteiger partial charge in [0.05, 0.1) is 5.02 Å². The summed E-state index contributed by atoms with van der Waals surface area (Å²) in [6.07, 6.45) is 0.186. The van der Waals surface area contributed by atoms with Crippen LogP contribution in [0.15, 0.2) is 40.9 Å². The minimum absolute atomic E-state index is 0.0267. The third-order valence-corrected chi connectivity index (χ3v) is 4.55. The lowest BCUT2D eigenvalue weighted by Crippen LogP contribution is -2.28. The Morgan fingerprint density at radius 3 is 2.55 bits per heavy atom. The van der Waals surface area contributed by atoms with Gasteiger partial charge in [-0.15, -0.1) is 0 Å². The normalized spacial score (nSPS) is 14.1. The number of halogens is 4. The second-order valence-electron chi connectivity index (χ2n) is 4.45. The van der Waals surface area contributed by atoms with Crippen molar-refractivity contribution < 1.29 is 13.9 Å². The van der Waals surface area contributed by atoms with Gasteiger partial charge in [0.1, 0.15) is 17.2 Å². The molecule has 1 N–H and O–H groups in total. The maximum Gasteiger partial charge on any atom is 0.149 e. The van der Waals surface area contributed by atoms with E-state index in [0.29, 0.717) is 4.47 Å². The Labute approximate surface area is 129 Å². The van der Waals surface area contributed by atoms with Gasteiger partial charge in [-0.05, 0) is 46.1 Å². The molecule has 2 aromatic rings. The van der Waals surface area contributed by atoms with E-state index in [9.17, 15) is 13.9 Å². The lowest BCUT2D eigenvalue weighted by Gasteiger charge is -2.29. The smallest absolute Gasteiger partial charge is 0.149 e. The van der Waals surface area contributed by atoms with E-state index in [-0.39, 0.29) is 22.6 Å². The molecule has 5 heteroatoms. The van der Waals surface area contributed by atoms with Gasteiger partial charge in [-0.25, -0.2) is 8.78 Å². The minimum Gasteiger partial charge on any atom is -0.380 e. The first-order chi connectivity index (χ1) is 9.40. The molecule has 0 saturated heterocycles. The summed E-state index contributed by atoms with van der Waals surface area (Å²) in [6.45, 7) is 1.69. The summed E-state index contributed by atoms with van der Waals surface area (Å²) < 4.78 is 28.1. The van der Waals surface area contributed by atoms with Crippen LogP contribution in [0.25, 0.3) is 0 Å². The Kier molecular flexibility index (Phi) is 4.47. The van der Waals surface area contributed by atoms with Crippen LogP contribution < -0.4 is 0 Å². The Bertz CT molecular complexity index is 648. The summed E-state index contributed by atoms with van der Waals surface area (Å²) >= 11 is 8.98. The Balaban J connectivity index is 2.65. The molecule has 106 valence electrons. The molecule has 0 aliphatic heterocycles. The quantitative estimate of drug-likeness (QED) is 0.761. The summed E-state index contributed by atoms with van der Waals surface area (Å²) in [4.78, 5) is 0. The van der Waals surface area contributed by atoms with Gasteiger partial charge in [0.2, 0.25) is 0 Å². The lowest BCUT2D eigenvalue weighted by atomic mass is 9.84. The van der Waals surface area contributed by atoms with Crippen molar-refractivity contribution >= 4 is 27.5 Å². The second kappa shape index (κ2) is 5.80. The van der Waals surface area contributed by atoms with E-state index in [0.717, 1.165) is 0 Å². The van der Waals surface area contributed by atoms with Gasteiger partial charge >= 0.3 is 0 Å². The average molecular weight is 362 g/mol. The van der Waals surface area contributed by atoms with Gasteiger partial charge in [0.15, 0.2) is 0 Å². The highest BCUT2D eigenvalue weighted by atomic mass is 79.9. The van der Waals surface area contributed by atoms with E-state index < -0.39 is 17.2 Å². The second-order valence-corrected chi connectivity index (χ2v) is 5.68. The van der Waals surface area contributed by atoms with Crippen molar-refractivity contribution in [2.45, 2.75) is 18.9 Å². The van der Waals surface area contributed by atoms with E-state index in [1.54, 1.807) is 19.1 Å². The van der Waals surface area contributed by atoms with Crippen LogP contribution in [0.2, 0.25) is 5.02 Å². The largest absolute Gasteiger partial charge is 0.380 e. The maximum atomic E-state index is 14.3. The third-order valence-electron chi connectivity index (χ3n) is 3.29. The summed E-state index contributed by atoms with van der Waals surface area (Å²) in [5.74, 6) is -1.20. The van der Waals surface area contributed by atoms with Crippen molar-refractivity contribution in [3.8, 4) is 0 Å². The van der Waals surface area contributed by atoms with Gasteiger partial charge in [0.25, 0.3) is 0 Å². The molecule has 1 unspecified atom stereocenters. The molecule has 0 spiro atoms. The van der Waals surface area contributed by atoms with Gasteiger partial charge in [0, 0.05) is 10.0 Å². The van der Waals surface area contributed by atoms with Crippen LogP contribution in [-0.4, -0.2) is 5.11 Å². The Morgan fingerprint density at radius 1 is 1.25 bits per heavy atom. The van der Waals surface area contributed by atoms with Crippen LogP contribution in [0.4, 0.5) is 8.78 Å². The zero-order valence-corrected chi connectivity index (χ0v) is 13.0. The number of benzene rings is 2. The number of hydrogen-bond donors (Lipinski definition) is 1. The van der Waals surface area contributed by atoms with Crippen molar-refractivity contribution in [3.63, 3.8) is 0 Å². The van der Waals surface area contributed by atoms with E-state index >= 15 is 0 Å². The van der Waals surface area contributed by atoms with E-state index in [1.165, 1.54) is 24.3 Å². The Hall–Kier alpha value is -0.970. The molecule has 1 atom stereocenters. The van der Waals surface area contributed by atoms with Crippen LogP contribution in [-0.2, 0) is 5.60 Å². The monoisotopic (exact) mass is 360 g/mol. The van der Waals surface area contributed by atoms with Crippen molar-refractivity contribution in [3.05, 3.63) is 68.7 Å². The number of aliphatic hydroxyl groups is 1. The first-order valence-electron chi connectivity index (χ1n) is 6.02. The first-order valence-corrected chi connectivity index (χ1v) is 7.19. The summed E-state index contributed by atoms with van der Waals surface area (Å²) in [7, 11) is 0. The Morgan fingerprint density at radius 2 is 1.95 bits per heavy atom. The molecule has 2 rings (SSSR count). The van der Waals surface area contributed by atoms with Crippen molar-refractivity contribution in [2.24, 2.45) is 0 Å². The van der Waals surface area contributed by atoms with Gasteiger partial charge in [-0.2, -0.15) is 0 Å². The summed E-state index contributed by atoms with van der Waals surface area (Å²) in [6, 6.07) is 8.50. The molecule has 0 fully saturated rings. The van der Waals surface area contributed by atoms with Gasteiger partial charge in [-0.3, -0.25) is 0 Å². The highest BCUT2D eigenvalue weighted by Crippen LogP contribution is 2.38. The summed E-state index contributed by atoms with van der Waals surface area (Å²) in [5.41, 5.74) is -1.31. The molecule has 0 aliphatic carbocycles. The maximum absolute atomic E-state index is 14.3. The SMILES string of the molecule is CCC(O)(c1cccc(F)c1)c1ccc(Br)c(Cl)c1F. The highest BCUT2D eigenvalue weighted by molar-refractivity contribution is 9.10. The third kappa shape index (κ3) is 2.60. The van der Waals surface area contributed by atoms with Gasteiger partial charge < -0.3 is 5.11 Å². The molecular weight excluding hydrogens is 350 g/mol. The molecule has 0 aromatic heterocycles. The number of rotatable bonds is 3. The van der Waals surface area contributed by atoms with Crippen LogP contribution in [0.3, 0.4) is 0 Å². The first kappa shape index (κ1) is 15.4. The van der Waals surface area contributed by atoms with Gasteiger partial charge in [-0.1, -0.05) is 36.7 Å². The molecule has 0 heterocycles. The molecule has 0 amide bonds. The molecule has 0 radical (unpaired) electrons. The molecule has 2 aromatic carbocycles. The lowest BCUT2D eigenvalue weighted by molar-refractivity contribution is 0.0722. The zero-order chi connectivity index (χ0) is 14.9. The zero-order valence-electron chi connectivity index (χ0n) is 10.6. The van der Waals surface area contributed by atoms with Crippen LogP contribution >= 0.6 is 27.5 Å². The fourth-order valence-electron chi connectivity index (χ4n) is 2.14. The number of hydrogen-bond acceptors (Lipinski definition) is 1. The van der Waals surface area contributed by atoms with Crippen molar-refractivity contribution in [1.82, 2.24) is 0 Å². The molecule has 1 nitrogen and oxygen atoms in total. The summed E-state index contributed by atoms with van der Waals surface area (Å²) in [5, 5.41) is 10.7. The fourth-order valence-corrected chi connectivity index (χ4v) is 2.61. The van der Waals surface area contributed by atoms with Crippen molar-refractivity contribution in [1.29, 1.82) is 0 Å². The molecule has 0 aliphatic rings. The standard InChI is InChI=1S/C15H12BrClF2O/c1-2-15(20,9-4-3-5-10(18)8-9)11-6-7-12(16)13(17)14(11)19/h3-8,20H,2H2,1H3. The fraction of sp³-hybridized carbons (Fsp3) is 0.200. The molecular formula is C15H12BrClF2O. The molecule has 20 heavy (non-hydrogen) atoms. The van der Waals surface area contributed by atoms with Crippen molar-refractivity contribution in [2.75, 3.05) is 0 Å². The van der Waals surface area contributed by atoms with Crippen LogP contribution in [0.5, 0.6) is 0 Å². The predicted octanol–water partition coefficient (Wildman–Crippen LogP) is 5.03. The highest BCUT2D eigenvalue weighted by Gasteiger charge is 2.33. The average Bonchev–Trinajstić information content (AvgIpc) is 2.44.